The fourth-order valence-electron chi connectivity index (χ4n) is 3.06. The Kier molecular flexibility index (Phi) is 3.82. The van der Waals surface area contributed by atoms with Gasteiger partial charge in [-0.1, -0.05) is 0 Å². The van der Waals surface area contributed by atoms with Gasteiger partial charge in [0.2, 0.25) is 0 Å². The van der Waals surface area contributed by atoms with Gasteiger partial charge in [0.25, 0.3) is 5.91 Å². The van der Waals surface area contributed by atoms with Crippen LogP contribution in [-0.4, -0.2) is 54.3 Å². The second-order valence-electron chi connectivity index (χ2n) is 5.67. The number of nitrogens with one attached hydrogen (secondary N) is 1. The number of carbonyl (C=O) groups is 1. The summed E-state index contributed by atoms with van der Waals surface area (Å²) in [5.74, 6) is -1.14. The van der Waals surface area contributed by atoms with Gasteiger partial charge in [-0.2, -0.15) is 0 Å². The van der Waals surface area contributed by atoms with Gasteiger partial charge in [-0.05, 0) is 38.1 Å². The van der Waals surface area contributed by atoms with E-state index in [1.807, 2.05) is 0 Å². The Hall–Kier alpha value is -1.66. The number of benzene rings is 1. The van der Waals surface area contributed by atoms with Gasteiger partial charge in [-0.15, -0.1) is 0 Å². The molecular weight excluding hydrogens is 275 g/mol. The summed E-state index contributed by atoms with van der Waals surface area (Å²) in [6.45, 7) is 3.26. The summed E-state index contributed by atoms with van der Waals surface area (Å²) >= 11 is 0. The van der Waals surface area contributed by atoms with Crippen molar-refractivity contribution in [2.75, 3.05) is 32.8 Å². The number of morpholine rings is 1. The number of carbonyl (C=O) groups excluding carboxylic acids is 1. The van der Waals surface area contributed by atoms with Crippen LogP contribution in [-0.2, 0) is 4.74 Å². The predicted octanol–water partition coefficient (Wildman–Crippen LogP) is 1.13. The maximum Gasteiger partial charge on any atom is 0.257 e. The van der Waals surface area contributed by atoms with Crippen LogP contribution in [0, 0.1) is 5.82 Å². The van der Waals surface area contributed by atoms with Gasteiger partial charge in [-0.3, -0.25) is 4.79 Å². The third kappa shape index (κ3) is 2.87. The van der Waals surface area contributed by atoms with E-state index in [2.05, 4.69) is 5.32 Å². The number of hydrogen-bond donors (Lipinski definition) is 2. The Labute approximate surface area is 122 Å². The molecule has 1 aromatic rings. The topological polar surface area (TPSA) is 61.8 Å². The van der Waals surface area contributed by atoms with Gasteiger partial charge in [0.1, 0.15) is 11.6 Å². The van der Waals surface area contributed by atoms with Crippen molar-refractivity contribution >= 4 is 5.91 Å². The number of aromatic hydroxyl groups is 1. The van der Waals surface area contributed by atoms with E-state index < -0.39 is 5.82 Å². The summed E-state index contributed by atoms with van der Waals surface area (Å²) < 4.78 is 18.9. The molecule has 2 aliphatic rings. The van der Waals surface area contributed by atoms with Crippen LogP contribution >= 0.6 is 0 Å². The number of phenols is 1. The first-order chi connectivity index (χ1) is 10.1. The largest absolute Gasteiger partial charge is 0.507 e. The number of piperidine rings is 1. The third-order valence-corrected chi connectivity index (χ3v) is 4.24. The van der Waals surface area contributed by atoms with E-state index in [1.165, 1.54) is 12.1 Å². The highest BCUT2D eigenvalue weighted by atomic mass is 19.1. The zero-order chi connectivity index (χ0) is 14.9. The van der Waals surface area contributed by atoms with Gasteiger partial charge < -0.3 is 20.1 Å². The summed E-state index contributed by atoms with van der Waals surface area (Å²) in [6, 6.07) is 3.49. The molecule has 3 rings (SSSR count). The van der Waals surface area contributed by atoms with E-state index in [0.29, 0.717) is 19.7 Å². The van der Waals surface area contributed by atoms with E-state index >= 15 is 0 Å². The van der Waals surface area contributed by atoms with Crippen LogP contribution in [0.15, 0.2) is 18.2 Å². The molecule has 2 heterocycles. The molecule has 0 radical (unpaired) electrons. The minimum atomic E-state index is -0.555. The number of ether oxygens (including phenoxy) is 1. The average Bonchev–Trinajstić information content (AvgIpc) is 2.47. The predicted molar refractivity (Wildman–Crippen MR) is 74.8 cm³/mol. The van der Waals surface area contributed by atoms with Gasteiger partial charge in [-0.25, -0.2) is 4.39 Å². The molecule has 0 unspecified atom stereocenters. The van der Waals surface area contributed by atoms with Crippen molar-refractivity contribution in [2.24, 2.45) is 0 Å². The van der Waals surface area contributed by atoms with Gasteiger partial charge in [0.05, 0.1) is 24.3 Å². The summed E-state index contributed by atoms with van der Waals surface area (Å²) in [7, 11) is 0. The third-order valence-electron chi connectivity index (χ3n) is 4.24. The Morgan fingerprint density at radius 3 is 2.86 bits per heavy atom. The normalized spacial score (nSPS) is 21.5. The molecule has 0 bridgehead atoms. The highest BCUT2D eigenvalue weighted by Gasteiger charge is 2.39. The van der Waals surface area contributed by atoms with Crippen molar-refractivity contribution in [3.05, 3.63) is 29.6 Å². The second kappa shape index (κ2) is 5.61. The molecule has 2 saturated heterocycles. The highest BCUT2D eigenvalue weighted by Crippen LogP contribution is 2.29. The first kappa shape index (κ1) is 14.3. The quantitative estimate of drug-likeness (QED) is 0.815. The van der Waals surface area contributed by atoms with E-state index in [-0.39, 0.29) is 22.8 Å². The maximum absolute atomic E-state index is 13.0. The van der Waals surface area contributed by atoms with Crippen molar-refractivity contribution in [3.63, 3.8) is 0 Å². The van der Waals surface area contributed by atoms with Gasteiger partial charge in [0, 0.05) is 12.6 Å². The molecule has 0 atom stereocenters. The SMILES string of the molecule is O=C(c1ccc(F)cc1O)N1CCOC2(CCNCC2)C1. The van der Waals surface area contributed by atoms with Crippen LogP contribution < -0.4 is 5.32 Å². The molecule has 5 nitrogen and oxygen atoms in total. The molecule has 2 N–H and O–H groups in total. The lowest BCUT2D eigenvalue weighted by atomic mass is 9.90. The Balaban J connectivity index is 1.77. The highest BCUT2D eigenvalue weighted by molar-refractivity contribution is 5.96. The molecular formula is C15H19FN2O3. The van der Waals surface area contributed by atoms with Crippen molar-refractivity contribution in [1.29, 1.82) is 0 Å². The van der Waals surface area contributed by atoms with Gasteiger partial charge in [0.15, 0.2) is 0 Å². The first-order valence-electron chi connectivity index (χ1n) is 7.22. The summed E-state index contributed by atoms with van der Waals surface area (Å²) in [4.78, 5) is 14.2. The van der Waals surface area contributed by atoms with E-state index in [4.69, 9.17) is 4.74 Å². The summed E-state index contributed by atoms with van der Waals surface area (Å²) in [5, 5.41) is 13.0. The van der Waals surface area contributed by atoms with Crippen molar-refractivity contribution in [1.82, 2.24) is 10.2 Å². The lowest BCUT2D eigenvalue weighted by Gasteiger charge is -2.45. The molecule has 2 fully saturated rings. The number of phenolic OH excluding ortho intramolecular Hbond substituents is 1. The van der Waals surface area contributed by atoms with E-state index in [9.17, 15) is 14.3 Å². The van der Waals surface area contributed by atoms with Crippen LogP contribution in [0.1, 0.15) is 23.2 Å². The lowest BCUT2D eigenvalue weighted by Crippen LogP contribution is -2.57. The minimum Gasteiger partial charge on any atom is -0.507 e. The van der Waals surface area contributed by atoms with E-state index in [1.54, 1.807) is 4.90 Å². The van der Waals surface area contributed by atoms with Crippen LogP contribution in [0.25, 0.3) is 0 Å². The summed E-state index contributed by atoms with van der Waals surface area (Å²) in [6.07, 6.45) is 1.73. The van der Waals surface area contributed by atoms with Gasteiger partial charge >= 0.3 is 0 Å². The fourth-order valence-corrected chi connectivity index (χ4v) is 3.06. The molecule has 2 aliphatic heterocycles. The zero-order valence-electron chi connectivity index (χ0n) is 11.8. The maximum atomic E-state index is 13.0. The molecule has 114 valence electrons. The fraction of sp³-hybridized carbons (Fsp3) is 0.533. The van der Waals surface area contributed by atoms with Crippen LogP contribution in [0.5, 0.6) is 5.75 Å². The number of rotatable bonds is 1. The van der Waals surface area contributed by atoms with Crippen LogP contribution in [0.2, 0.25) is 0 Å². The molecule has 1 aromatic carbocycles. The zero-order valence-corrected chi connectivity index (χ0v) is 11.8. The Morgan fingerprint density at radius 1 is 1.38 bits per heavy atom. The summed E-state index contributed by atoms with van der Waals surface area (Å²) in [5.41, 5.74) is -0.142. The average molecular weight is 294 g/mol. The van der Waals surface area contributed by atoms with Crippen LogP contribution in [0.4, 0.5) is 4.39 Å². The second-order valence-corrected chi connectivity index (χ2v) is 5.67. The number of nitrogens with zero attached hydrogens (tertiary/aromatic N) is 1. The molecule has 0 aromatic heterocycles. The minimum absolute atomic E-state index is 0.141. The molecule has 21 heavy (non-hydrogen) atoms. The lowest BCUT2D eigenvalue weighted by molar-refractivity contribution is -0.114. The molecule has 0 saturated carbocycles. The molecule has 1 spiro atoms. The van der Waals surface area contributed by atoms with Crippen molar-refractivity contribution in [2.45, 2.75) is 18.4 Å². The number of halogens is 1. The first-order valence-corrected chi connectivity index (χ1v) is 7.22. The monoisotopic (exact) mass is 294 g/mol. The Morgan fingerprint density at radius 2 is 2.14 bits per heavy atom. The van der Waals surface area contributed by atoms with Crippen molar-refractivity contribution in [3.8, 4) is 5.75 Å². The number of hydrogen-bond acceptors (Lipinski definition) is 4. The van der Waals surface area contributed by atoms with Crippen molar-refractivity contribution < 1.29 is 19.0 Å². The standard InChI is InChI=1S/C15H19FN2O3/c16-11-1-2-12(13(19)9-11)14(20)18-7-8-21-15(10-18)3-5-17-6-4-15/h1-2,9,17,19H,3-8,10H2. The smallest absolute Gasteiger partial charge is 0.257 e. The van der Waals surface area contributed by atoms with Crippen LogP contribution in [0.3, 0.4) is 0 Å². The molecule has 6 heteroatoms. The van der Waals surface area contributed by atoms with E-state index in [0.717, 1.165) is 32.0 Å². The molecule has 1 amide bonds. The number of amides is 1. The Bertz CT molecular complexity index is 538. The molecule has 0 aliphatic carbocycles.